The molecule has 0 aromatic heterocycles. The molecule has 176 valence electrons. The van der Waals surface area contributed by atoms with Crippen molar-refractivity contribution < 1.29 is 22.7 Å². The standard InChI is InChI=1S/C23H26ClN3O5S/c1-2-32-23(29)26-12-10-18(11-13-26)25-22(28)17-7-8-19(24)21(15-17)33(30,31)27-14-9-16-5-3-4-6-20(16)27/h3-8,15,18H,2,9-14H2,1H3,(H,25,28). The molecule has 1 N–H and O–H groups in total. The first kappa shape index (κ1) is 23.4. The van der Waals surface area contributed by atoms with Gasteiger partial charge >= 0.3 is 6.09 Å². The maximum absolute atomic E-state index is 13.4. The molecule has 0 radical (unpaired) electrons. The Kier molecular flexibility index (Phi) is 6.81. The number of amides is 2. The number of rotatable bonds is 5. The molecule has 0 unspecified atom stereocenters. The lowest BCUT2D eigenvalue weighted by Gasteiger charge is -2.31. The Balaban J connectivity index is 1.48. The van der Waals surface area contributed by atoms with Gasteiger partial charge in [0.25, 0.3) is 15.9 Å². The van der Waals surface area contributed by atoms with E-state index in [1.165, 1.54) is 22.5 Å². The second-order valence-corrected chi connectivity index (χ2v) is 10.3. The van der Waals surface area contributed by atoms with E-state index in [9.17, 15) is 18.0 Å². The van der Waals surface area contributed by atoms with Crippen LogP contribution in [0, 0.1) is 0 Å². The lowest BCUT2D eigenvalue weighted by atomic mass is 10.0. The number of ether oxygens (including phenoxy) is 1. The monoisotopic (exact) mass is 491 g/mol. The Morgan fingerprint density at radius 2 is 1.85 bits per heavy atom. The van der Waals surface area contributed by atoms with E-state index in [4.69, 9.17) is 16.3 Å². The van der Waals surface area contributed by atoms with Gasteiger partial charge < -0.3 is 15.0 Å². The number of fused-ring (bicyclic) bond motifs is 1. The van der Waals surface area contributed by atoms with Gasteiger partial charge in [-0.3, -0.25) is 9.10 Å². The van der Waals surface area contributed by atoms with E-state index in [-0.39, 0.29) is 33.5 Å². The lowest BCUT2D eigenvalue weighted by Crippen LogP contribution is -2.46. The third-order valence-electron chi connectivity index (χ3n) is 5.96. The fourth-order valence-corrected chi connectivity index (χ4v) is 6.22. The van der Waals surface area contributed by atoms with Crippen LogP contribution in [0.3, 0.4) is 0 Å². The number of nitrogens with zero attached hydrogens (tertiary/aromatic N) is 2. The molecule has 33 heavy (non-hydrogen) atoms. The molecule has 0 aliphatic carbocycles. The molecule has 1 fully saturated rings. The first-order chi connectivity index (χ1) is 15.8. The lowest BCUT2D eigenvalue weighted by molar-refractivity contribution is 0.0860. The molecular formula is C23H26ClN3O5S. The molecule has 4 rings (SSSR count). The Hall–Kier alpha value is -2.78. The molecule has 0 saturated carbocycles. The van der Waals surface area contributed by atoms with Gasteiger partial charge in [0.15, 0.2) is 0 Å². The second-order valence-electron chi connectivity index (χ2n) is 8.03. The van der Waals surface area contributed by atoms with Crippen molar-refractivity contribution in [2.24, 2.45) is 0 Å². The van der Waals surface area contributed by atoms with Crippen LogP contribution in [0.2, 0.25) is 5.02 Å². The van der Waals surface area contributed by atoms with Crippen molar-refractivity contribution in [2.45, 2.75) is 37.1 Å². The van der Waals surface area contributed by atoms with Crippen LogP contribution in [0.5, 0.6) is 0 Å². The summed E-state index contributed by atoms with van der Waals surface area (Å²) in [7, 11) is -3.93. The molecule has 0 bridgehead atoms. The van der Waals surface area contributed by atoms with Crippen molar-refractivity contribution in [3.8, 4) is 0 Å². The molecule has 2 aliphatic rings. The highest BCUT2D eigenvalue weighted by atomic mass is 35.5. The average Bonchev–Trinajstić information content (AvgIpc) is 3.25. The third kappa shape index (κ3) is 4.79. The van der Waals surface area contributed by atoms with Gasteiger partial charge in [0.1, 0.15) is 4.90 Å². The summed E-state index contributed by atoms with van der Waals surface area (Å²) in [5, 5.41) is 3.01. The van der Waals surface area contributed by atoms with Crippen LogP contribution in [0.4, 0.5) is 10.5 Å². The van der Waals surface area contributed by atoms with Crippen molar-refractivity contribution in [3.63, 3.8) is 0 Å². The number of likely N-dealkylation sites (tertiary alicyclic amines) is 1. The van der Waals surface area contributed by atoms with Crippen LogP contribution in [-0.2, 0) is 21.2 Å². The van der Waals surface area contributed by atoms with Crippen LogP contribution >= 0.6 is 11.6 Å². The van der Waals surface area contributed by atoms with Crippen molar-refractivity contribution in [1.82, 2.24) is 10.2 Å². The molecule has 2 aromatic carbocycles. The second kappa shape index (κ2) is 9.61. The molecule has 0 atom stereocenters. The van der Waals surface area contributed by atoms with Crippen LogP contribution in [0.1, 0.15) is 35.7 Å². The van der Waals surface area contributed by atoms with Crippen molar-refractivity contribution in [1.29, 1.82) is 0 Å². The fraction of sp³-hybridized carbons (Fsp3) is 0.391. The molecule has 2 aromatic rings. The zero-order valence-corrected chi connectivity index (χ0v) is 19.9. The summed E-state index contributed by atoms with van der Waals surface area (Å²) in [6.07, 6.45) is 1.46. The van der Waals surface area contributed by atoms with E-state index >= 15 is 0 Å². The normalized spacial score (nSPS) is 16.4. The van der Waals surface area contributed by atoms with Crippen LogP contribution in [0.25, 0.3) is 0 Å². The van der Waals surface area contributed by atoms with Gasteiger partial charge in [-0.15, -0.1) is 0 Å². The molecular weight excluding hydrogens is 466 g/mol. The minimum Gasteiger partial charge on any atom is -0.450 e. The zero-order chi connectivity index (χ0) is 23.6. The van der Waals surface area contributed by atoms with E-state index in [1.807, 2.05) is 12.1 Å². The van der Waals surface area contributed by atoms with E-state index in [0.717, 1.165) is 5.56 Å². The van der Waals surface area contributed by atoms with E-state index < -0.39 is 10.0 Å². The van der Waals surface area contributed by atoms with Gasteiger partial charge in [-0.1, -0.05) is 29.8 Å². The molecule has 1 saturated heterocycles. The number of hydrogen-bond donors (Lipinski definition) is 1. The number of benzene rings is 2. The number of halogens is 1. The number of carbonyl (C=O) groups excluding carboxylic acids is 2. The summed E-state index contributed by atoms with van der Waals surface area (Å²) in [6, 6.07) is 11.5. The first-order valence-corrected chi connectivity index (χ1v) is 12.8. The highest BCUT2D eigenvalue weighted by Gasteiger charge is 2.33. The van der Waals surface area contributed by atoms with E-state index in [1.54, 1.807) is 24.0 Å². The average molecular weight is 492 g/mol. The largest absolute Gasteiger partial charge is 0.450 e. The summed E-state index contributed by atoms with van der Waals surface area (Å²) < 4.78 is 33.2. The van der Waals surface area contributed by atoms with Crippen LogP contribution in [-0.4, -0.2) is 57.6 Å². The molecule has 2 amide bonds. The SMILES string of the molecule is CCOC(=O)N1CCC(NC(=O)c2ccc(Cl)c(S(=O)(=O)N3CCc4ccccc43)c2)CC1. The third-order valence-corrected chi connectivity index (χ3v) is 8.26. The van der Waals surface area contributed by atoms with Crippen LogP contribution in [0.15, 0.2) is 47.4 Å². The van der Waals surface area contributed by atoms with Gasteiger partial charge in [-0.2, -0.15) is 0 Å². The molecule has 8 nitrogen and oxygen atoms in total. The van der Waals surface area contributed by atoms with Crippen molar-refractivity contribution >= 4 is 39.3 Å². The molecule has 2 aliphatic heterocycles. The number of piperidine rings is 1. The highest BCUT2D eigenvalue weighted by Crippen LogP contribution is 2.35. The highest BCUT2D eigenvalue weighted by molar-refractivity contribution is 7.93. The number of sulfonamides is 1. The number of anilines is 1. The number of para-hydroxylation sites is 1. The minimum atomic E-state index is -3.93. The van der Waals surface area contributed by atoms with Gasteiger partial charge in [0.2, 0.25) is 0 Å². The fourth-order valence-electron chi connectivity index (χ4n) is 4.21. The number of hydrogen-bond acceptors (Lipinski definition) is 5. The summed E-state index contributed by atoms with van der Waals surface area (Å²) in [4.78, 5) is 26.2. The quantitative estimate of drug-likeness (QED) is 0.691. The molecule has 10 heteroatoms. The Labute approximate surface area is 198 Å². The van der Waals surface area contributed by atoms with E-state index in [0.29, 0.717) is 51.2 Å². The first-order valence-electron chi connectivity index (χ1n) is 10.9. The van der Waals surface area contributed by atoms with Gasteiger partial charge in [-0.25, -0.2) is 13.2 Å². The zero-order valence-electron chi connectivity index (χ0n) is 18.3. The number of nitrogens with one attached hydrogen (secondary N) is 1. The number of carbonyl (C=O) groups is 2. The Bertz CT molecular complexity index is 1160. The summed E-state index contributed by atoms with van der Waals surface area (Å²) >= 11 is 6.27. The minimum absolute atomic E-state index is 0.0682. The smallest absolute Gasteiger partial charge is 0.409 e. The summed E-state index contributed by atoms with van der Waals surface area (Å²) in [5.74, 6) is -0.375. The van der Waals surface area contributed by atoms with Crippen molar-refractivity contribution in [3.05, 3.63) is 58.6 Å². The molecule has 0 spiro atoms. The van der Waals surface area contributed by atoms with E-state index in [2.05, 4.69) is 5.32 Å². The summed E-state index contributed by atoms with van der Waals surface area (Å²) in [6.45, 7) is 3.37. The van der Waals surface area contributed by atoms with Gasteiger partial charge in [-0.05, 0) is 56.0 Å². The maximum atomic E-state index is 13.4. The molecule has 2 heterocycles. The van der Waals surface area contributed by atoms with Gasteiger partial charge in [0.05, 0.1) is 17.3 Å². The Morgan fingerprint density at radius 3 is 2.58 bits per heavy atom. The summed E-state index contributed by atoms with van der Waals surface area (Å²) in [5.41, 5.74) is 1.82. The Morgan fingerprint density at radius 1 is 1.12 bits per heavy atom. The predicted octanol–water partition coefficient (Wildman–Crippen LogP) is 3.44. The topological polar surface area (TPSA) is 96.0 Å². The van der Waals surface area contributed by atoms with Crippen molar-refractivity contribution in [2.75, 3.05) is 30.5 Å². The van der Waals surface area contributed by atoms with Crippen LogP contribution < -0.4 is 9.62 Å². The van der Waals surface area contributed by atoms with Gasteiger partial charge in [0, 0.05) is 31.2 Å². The predicted molar refractivity (Wildman–Crippen MR) is 125 cm³/mol. The maximum Gasteiger partial charge on any atom is 0.409 e.